The summed E-state index contributed by atoms with van der Waals surface area (Å²) in [6.07, 6.45) is 0.849. The molecule has 6 nitrogen and oxygen atoms in total. The van der Waals surface area contributed by atoms with Crippen LogP contribution in [0.4, 0.5) is 4.39 Å². The van der Waals surface area contributed by atoms with Gasteiger partial charge in [0.1, 0.15) is 5.82 Å². The maximum Gasteiger partial charge on any atom is 0.320 e. The molecule has 0 saturated heterocycles. The highest BCUT2D eigenvalue weighted by Crippen LogP contribution is 2.66. The molecule has 0 amide bonds. The number of aromatic amines is 1. The number of nitrogens with one attached hydrogen (secondary N) is 1. The molecule has 2 heterocycles. The van der Waals surface area contributed by atoms with Gasteiger partial charge in [-0.25, -0.2) is 4.39 Å². The van der Waals surface area contributed by atoms with Gasteiger partial charge in [0.2, 0.25) is 0 Å². The number of nitrogens with zero attached hydrogens (tertiary/aromatic N) is 1. The summed E-state index contributed by atoms with van der Waals surface area (Å²) < 4.78 is 27.2. The Balaban J connectivity index is 1.67. The van der Waals surface area contributed by atoms with E-state index >= 15 is 0 Å². The molecule has 4 rings (SSSR count). The number of hydrogen-bond acceptors (Lipinski definition) is 5. The van der Waals surface area contributed by atoms with Crippen LogP contribution in [0.25, 0.3) is 0 Å². The van der Waals surface area contributed by atoms with Crippen molar-refractivity contribution in [1.29, 1.82) is 0 Å². The largest absolute Gasteiger partial charge is 0.465 e. The number of halogens is 2. The van der Waals surface area contributed by atoms with Crippen LogP contribution in [0, 0.1) is 16.5 Å². The topological polar surface area (TPSA) is 73.3 Å². The predicted molar refractivity (Wildman–Crippen MR) is 111 cm³/mol. The van der Waals surface area contributed by atoms with Gasteiger partial charge in [-0.15, -0.1) is 0 Å². The van der Waals surface area contributed by atoms with Crippen molar-refractivity contribution in [2.45, 2.75) is 44.6 Å². The molecule has 1 aromatic carbocycles. The summed E-state index contributed by atoms with van der Waals surface area (Å²) in [6, 6.07) is 4.59. The molecule has 0 unspecified atom stereocenters. The third-order valence-electron chi connectivity index (χ3n) is 5.96. The van der Waals surface area contributed by atoms with Crippen LogP contribution < -0.4 is 0 Å². The first-order valence-electron chi connectivity index (χ1n) is 9.92. The fourth-order valence-electron chi connectivity index (χ4n) is 4.58. The molecule has 1 aliphatic heterocycles. The third-order valence-corrected chi connectivity index (χ3v) is 6.52. The van der Waals surface area contributed by atoms with Gasteiger partial charge < -0.3 is 19.0 Å². The van der Waals surface area contributed by atoms with Crippen LogP contribution >= 0.6 is 23.8 Å². The minimum Gasteiger partial charge on any atom is -0.465 e. The van der Waals surface area contributed by atoms with Crippen LogP contribution in [-0.2, 0) is 37.4 Å². The van der Waals surface area contributed by atoms with Gasteiger partial charge in [-0.05, 0) is 56.2 Å². The lowest BCUT2D eigenvalue weighted by molar-refractivity contribution is -0.161. The van der Waals surface area contributed by atoms with E-state index in [0.717, 1.165) is 12.1 Å². The van der Waals surface area contributed by atoms with E-state index in [9.17, 15) is 14.0 Å². The Kier molecular flexibility index (Phi) is 5.48. The van der Waals surface area contributed by atoms with Crippen molar-refractivity contribution in [2.24, 2.45) is 5.92 Å². The number of esters is 2. The van der Waals surface area contributed by atoms with Gasteiger partial charge in [0.05, 0.1) is 13.2 Å². The van der Waals surface area contributed by atoms with Gasteiger partial charge in [-0.1, -0.05) is 11.6 Å². The molecular weight excluding hydrogens is 431 g/mol. The van der Waals surface area contributed by atoms with E-state index in [1.807, 2.05) is 4.57 Å². The standard InChI is InChI=1S/C21H22ClFN2O4S/c1-3-28-18(26)12(19(27)29-4-2)8-16-17-14-9-21(14,10-25(17)20(30)24-16)13-7-11(22)5-6-15(13)23/h5-7,12,14H,3-4,8-10H2,1-2H3,(H,24,30)/t14-,21+/m0/s1. The Morgan fingerprint density at radius 3 is 2.63 bits per heavy atom. The minimum absolute atomic E-state index is 0.0402. The summed E-state index contributed by atoms with van der Waals surface area (Å²) in [4.78, 5) is 27.9. The van der Waals surface area contributed by atoms with Gasteiger partial charge in [0, 0.05) is 40.7 Å². The molecule has 0 spiro atoms. The van der Waals surface area contributed by atoms with Gasteiger partial charge >= 0.3 is 11.9 Å². The van der Waals surface area contributed by atoms with Gasteiger partial charge in [-0.2, -0.15) is 0 Å². The van der Waals surface area contributed by atoms with E-state index in [1.165, 1.54) is 12.1 Å². The molecule has 1 aromatic heterocycles. The highest BCUT2D eigenvalue weighted by Gasteiger charge is 2.63. The number of carbonyl (C=O) groups is 2. The smallest absolute Gasteiger partial charge is 0.320 e. The van der Waals surface area contributed by atoms with Gasteiger partial charge in [0.15, 0.2) is 10.7 Å². The monoisotopic (exact) mass is 452 g/mol. The van der Waals surface area contributed by atoms with E-state index in [0.29, 0.717) is 27.6 Å². The fraction of sp³-hybridized carbons (Fsp3) is 0.476. The molecule has 1 aliphatic carbocycles. The number of fused-ring (bicyclic) bond motifs is 3. The number of imidazole rings is 1. The van der Waals surface area contributed by atoms with Crippen LogP contribution in [-0.4, -0.2) is 34.7 Å². The Labute approximate surface area is 183 Å². The van der Waals surface area contributed by atoms with Crippen LogP contribution in [0.1, 0.15) is 43.1 Å². The first kappa shape index (κ1) is 21.1. The summed E-state index contributed by atoms with van der Waals surface area (Å²) >= 11 is 11.6. The lowest BCUT2D eigenvalue weighted by atomic mass is 9.93. The molecule has 0 radical (unpaired) electrons. The van der Waals surface area contributed by atoms with Crippen molar-refractivity contribution in [3.63, 3.8) is 0 Å². The van der Waals surface area contributed by atoms with Crippen molar-refractivity contribution < 1.29 is 23.5 Å². The van der Waals surface area contributed by atoms with Crippen molar-refractivity contribution in [1.82, 2.24) is 9.55 Å². The first-order chi connectivity index (χ1) is 14.3. The SMILES string of the molecule is CCOC(=O)C(Cc1[nH]c(=S)n2c1[C@@H]1C[C@]1(c1cc(Cl)ccc1F)C2)C(=O)OCC. The maximum atomic E-state index is 14.6. The lowest BCUT2D eigenvalue weighted by Gasteiger charge is -2.15. The zero-order valence-electron chi connectivity index (χ0n) is 16.7. The van der Waals surface area contributed by atoms with Crippen LogP contribution in [0.3, 0.4) is 0 Å². The second-order valence-corrected chi connectivity index (χ2v) is 8.50. The Hall–Kier alpha value is -2.19. The van der Waals surface area contributed by atoms with E-state index in [-0.39, 0.29) is 31.4 Å². The molecule has 1 N–H and O–H groups in total. The van der Waals surface area contributed by atoms with Crippen molar-refractivity contribution in [3.05, 3.63) is 50.8 Å². The maximum absolute atomic E-state index is 14.6. The Bertz CT molecular complexity index is 1060. The average molecular weight is 453 g/mol. The molecule has 30 heavy (non-hydrogen) atoms. The number of aromatic nitrogens is 2. The van der Waals surface area contributed by atoms with E-state index in [2.05, 4.69) is 4.98 Å². The second kappa shape index (κ2) is 7.81. The summed E-state index contributed by atoms with van der Waals surface area (Å²) in [5, 5.41) is 0.484. The summed E-state index contributed by atoms with van der Waals surface area (Å²) in [7, 11) is 0. The number of ether oxygens (including phenoxy) is 2. The van der Waals surface area contributed by atoms with Crippen LogP contribution in [0.15, 0.2) is 18.2 Å². The van der Waals surface area contributed by atoms with E-state index in [1.54, 1.807) is 19.9 Å². The second-order valence-electron chi connectivity index (χ2n) is 7.68. The number of benzene rings is 1. The predicted octanol–water partition coefficient (Wildman–Crippen LogP) is 4.06. The zero-order valence-corrected chi connectivity index (χ0v) is 18.2. The average Bonchev–Trinajstić information content (AvgIpc) is 3.19. The van der Waals surface area contributed by atoms with Crippen molar-refractivity contribution in [2.75, 3.05) is 13.2 Å². The number of hydrogen-bond donors (Lipinski definition) is 1. The van der Waals surface area contributed by atoms with Crippen molar-refractivity contribution in [3.8, 4) is 0 Å². The lowest BCUT2D eigenvalue weighted by Crippen LogP contribution is -2.30. The summed E-state index contributed by atoms with van der Waals surface area (Å²) in [5.41, 5.74) is 1.79. The van der Waals surface area contributed by atoms with Crippen LogP contribution in [0.5, 0.6) is 0 Å². The molecule has 2 aliphatic rings. The number of H-pyrrole nitrogens is 1. The third kappa shape index (κ3) is 3.36. The summed E-state index contributed by atoms with van der Waals surface area (Å²) in [6.45, 7) is 4.23. The molecule has 9 heteroatoms. The van der Waals surface area contributed by atoms with Crippen molar-refractivity contribution >= 4 is 35.8 Å². The molecule has 0 bridgehead atoms. The summed E-state index contributed by atoms with van der Waals surface area (Å²) in [5.74, 6) is -2.59. The van der Waals surface area contributed by atoms with Gasteiger partial charge in [0.25, 0.3) is 0 Å². The molecule has 1 fully saturated rings. The quantitative estimate of drug-likeness (QED) is 0.389. The zero-order chi connectivity index (χ0) is 21.6. The molecule has 2 atom stereocenters. The molecule has 160 valence electrons. The van der Waals surface area contributed by atoms with E-state index < -0.39 is 23.3 Å². The molecule has 2 aromatic rings. The normalized spacial score (nSPS) is 21.3. The number of rotatable bonds is 7. The van der Waals surface area contributed by atoms with Gasteiger partial charge in [-0.3, -0.25) is 9.59 Å². The highest BCUT2D eigenvalue weighted by atomic mass is 35.5. The minimum atomic E-state index is -1.08. The highest BCUT2D eigenvalue weighted by molar-refractivity contribution is 7.71. The van der Waals surface area contributed by atoms with E-state index in [4.69, 9.17) is 33.3 Å². The molecular formula is C21H22ClFN2O4S. The van der Waals surface area contributed by atoms with Crippen LogP contribution in [0.2, 0.25) is 5.02 Å². The number of carbonyl (C=O) groups excluding carboxylic acids is 2. The Morgan fingerprint density at radius 2 is 2.00 bits per heavy atom. The first-order valence-corrected chi connectivity index (χ1v) is 10.7. The molecule has 1 saturated carbocycles. The fourth-order valence-corrected chi connectivity index (χ4v) is 5.04. The Morgan fingerprint density at radius 1 is 1.33 bits per heavy atom.